The van der Waals surface area contributed by atoms with E-state index in [1.54, 1.807) is 6.92 Å². The van der Waals surface area contributed by atoms with Crippen LogP contribution in [0, 0.1) is 11.3 Å². The predicted molar refractivity (Wildman–Crippen MR) is 59.1 cm³/mol. The van der Waals surface area contributed by atoms with Gasteiger partial charge < -0.3 is 20.4 Å². The Bertz CT molecular complexity index is 311. The van der Waals surface area contributed by atoms with Gasteiger partial charge in [-0.2, -0.15) is 5.26 Å². The number of carbonyl (C=O) groups is 2. The molecule has 96 valence electrons. The van der Waals surface area contributed by atoms with Crippen LogP contribution < -0.4 is 5.32 Å². The first-order valence-corrected chi connectivity index (χ1v) is 5.27. The van der Waals surface area contributed by atoms with E-state index in [1.165, 1.54) is 11.8 Å². The van der Waals surface area contributed by atoms with E-state index in [-0.39, 0.29) is 13.0 Å². The summed E-state index contributed by atoms with van der Waals surface area (Å²) in [6.45, 7) is 3.59. The summed E-state index contributed by atoms with van der Waals surface area (Å²) in [7, 11) is 0. The van der Waals surface area contributed by atoms with Gasteiger partial charge in [0.2, 0.25) is 0 Å². The second-order valence-electron chi connectivity index (χ2n) is 3.49. The summed E-state index contributed by atoms with van der Waals surface area (Å²) in [5.74, 6) is -1.30. The fraction of sp³-hybridized carbons (Fsp3) is 0.700. The van der Waals surface area contributed by atoms with Crippen molar-refractivity contribution in [2.75, 3.05) is 13.1 Å². The van der Waals surface area contributed by atoms with Crippen LogP contribution in [0.4, 0.5) is 4.79 Å². The molecule has 0 aliphatic heterocycles. The van der Waals surface area contributed by atoms with Gasteiger partial charge >= 0.3 is 12.0 Å². The molecule has 0 fully saturated rings. The monoisotopic (exact) mass is 243 g/mol. The third-order valence-corrected chi connectivity index (χ3v) is 2.19. The van der Waals surface area contributed by atoms with Gasteiger partial charge in [0.25, 0.3) is 0 Å². The molecule has 0 saturated carbocycles. The molecule has 0 aliphatic rings. The van der Waals surface area contributed by atoms with E-state index in [2.05, 4.69) is 5.32 Å². The Hall–Kier alpha value is -1.81. The molecule has 0 spiro atoms. The predicted octanol–water partition coefficient (Wildman–Crippen LogP) is -0.234. The zero-order chi connectivity index (χ0) is 13.4. The number of carbonyl (C=O) groups excluding carboxylic acids is 1. The highest BCUT2D eigenvalue weighted by Gasteiger charge is 2.26. The molecule has 0 aromatic heterocycles. The smallest absolute Gasteiger partial charge is 0.328 e. The minimum atomic E-state index is -1.35. The van der Waals surface area contributed by atoms with E-state index >= 15 is 0 Å². The lowest BCUT2D eigenvalue weighted by Gasteiger charge is -2.24. The Morgan fingerprint density at radius 2 is 2.12 bits per heavy atom. The van der Waals surface area contributed by atoms with E-state index in [0.717, 1.165) is 0 Å². The van der Waals surface area contributed by atoms with Crippen LogP contribution in [0.3, 0.4) is 0 Å². The first-order chi connectivity index (χ1) is 7.93. The molecule has 17 heavy (non-hydrogen) atoms. The number of amides is 2. The largest absolute Gasteiger partial charge is 0.480 e. The van der Waals surface area contributed by atoms with Gasteiger partial charge in [0.15, 0.2) is 6.04 Å². The molecule has 0 radical (unpaired) electrons. The number of urea groups is 1. The summed E-state index contributed by atoms with van der Waals surface area (Å²) in [6, 6.07) is -0.0505. The Morgan fingerprint density at radius 3 is 2.47 bits per heavy atom. The maximum atomic E-state index is 11.6. The number of rotatable bonds is 6. The number of hydrogen-bond donors (Lipinski definition) is 3. The van der Waals surface area contributed by atoms with Gasteiger partial charge in [-0.05, 0) is 13.8 Å². The SMILES string of the molecule is CCN(CCC#N)C(=O)NC(C(=O)O)C(C)O. The van der Waals surface area contributed by atoms with Gasteiger partial charge in [-0.1, -0.05) is 0 Å². The molecule has 7 heteroatoms. The van der Waals surface area contributed by atoms with Crippen molar-refractivity contribution in [3.8, 4) is 6.07 Å². The minimum absolute atomic E-state index is 0.174. The summed E-state index contributed by atoms with van der Waals surface area (Å²) < 4.78 is 0. The fourth-order valence-electron chi connectivity index (χ4n) is 1.20. The van der Waals surface area contributed by atoms with E-state index in [4.69, 9.17) is 10.4 Å². The lowest BCUT2D eigenvalue weighted by atomic mass is 10.2. The van der Waals surface area contributed by atoms with Crippen molar-refractivity contribution in [3.63, 3.8) is 0 Å². The number of hydrogen-bond acceptors (Lipinski definition) is 4. The van der Waals surface area contributed by atoms with Gasteiger partial charge in [0, 0.05) is 13.1 Å². The van der Waals surface area contributed by atoms with Crippen LogP contribution in [0.2, 0.25) is 0 Å². The van der Waals surface area contributed by atoms with Crippen LogP contribution in [-0.2, 0) is 4.79 Å². The number of nitrogens with one attached hydrogen (secondary N) is 1. The quantitative estimate of drug-likeness (QED) is 0.596. The molecule has 0 rings (SSSR count). The third-order valence-electron chi connectivity index (χ3n) is 2.19. The van der Waals surface area contributed by atoms with Crippen molar-refractivity contribution in [1.82, 2.24) is 10.2 Å². The highest BCUT2D eigenvalue weighted by molar-refractivity contribution is 5.83. The van der Waals surface area contributed by atoms with Crippen LogP contribution in [0.5, 0.6) is 0 Å². The van der Waals surface area contributed by atoms with Crippen molar-refractivity contribution in [1.29, 1.82) is 5.26 Å². The Morgan fingerprint density at radius 1 is 1.53 bits per heavy atom. The van der Waals surface area contributed by atoms with Crippen LogP contribution in [-0.4, -0.2) is 52.3 Å². The van der Waals surface area contributed by atoms with Crippen LogP contribution >= 0.6 is 0 Å². The van der Waals surface area contributed by atoms with Crippen LogP contribution in [0.1, 0.15) is 20.3 Å². The summed E-state index contributed by atoms with van der Waals surface area (Å²) in [6.07, 6.45) is -1.01. The van der Waals surface area contributed by atoms with Gasteiger partial charge in [0.1, 0.15) is 0 Å². The average molecular weight is 243 g/mol. The van der Waals surface area contributed by atoms with Crippen molar-refractivity contribution < 1.29 is 19.8 Å². The van der Waals surface area contributed by atoms with E-state index in [1.807, 2.05) is 6.07 Å². The number of carboxylic acids is 1. The maximum Gasteiger partial charge on any atom is 0.328 e. The van der Waals surface area contributed by atoms with Crippen molar-refractivity contribution in [2.24, 2.45) is 0 Å². The molecule has 3 N–H and O–H groups in total. The first kappa shape index (κ1) is 15.2. The standard InChI is InChI=1S/C10H17N3O4/c1-3-13(6-4-5-11)10(17)12-8(7(2)14)9(15)16/h7-8,14H,3-4,6H2,1-2H3,(H,12,17)(H,15,16). The number of aliphatic carboxylic acids is 1. The van der Waals surface area contributed by atoms with Gasteiger partial charge in [0.05, 0.1) is 18.6 Å². The zero-order valence-electron chi connectivity index (χ0n) is 9.88. The number of aliphatic hydroxyl groups excluding tert-OH is 1. The Labute approximate surface area is 99.6 Å². The number of carboxylic acid groups (broad SMARTS) is 1. The van der Waals surface area contributed by atoms with Crippen LogP contribution in [0.25, 0.3) is 0 Å². The summed E-state index contributed by atoms with van der Waals surface area (Å²) in [5, 5.41) is 28.6. The Balaban J connectivity index is 4.47. The van der Waals surface area contributed by atoms with Crippen molar-refractivity contribution in [3.05, 3.63) is 0 Å². The molecule has 2 amide bonds. The molecule has 0 heterocycles. The topological polar surface area (TPSA) is 114 Å². The fourth-order valence-corrected chi connectivity index (χ4v) is 1.20. The lowest BCUT2D eigenvalue weighted by molar-refractivity contribution is -0.141. The normalized spacial score (nSPS) is 13.3. The molecular formula is C10H17N3O4. The highest BCUT2D eigenvalue weighted by atomic mass is 16.4. The number of aliphatic hydroxyl groups is 1. The molecule has 0 aromatic carbocycles. The summed E-state index contributed by atoms with van der Waals surface area (Å²) >= 11 is 0. The van der Waals surface area contributed by atoms with Gasteiger partial charge in [-0.15, -0.1) is 0 Å². The second kappa shape index (κ2) is 7.46. The van der Waals surface area contributed by atoms with E-state index in [0.29, 0.717) is 6.54 Å². The number of nitriles is 1. The number of nitrogens with zero attached hydrogens (tertiary/aromatic N) is 2. The highest BCUT2D eigenvalue weighted by Crippen LogP contribution is 1.97. The molecule has 0 bridgehead atoms. The van der Waals surface area contributed by atoms with Crippen molar-refractivity contribution >= 4 is 12.0 Å². The van der Waals surface area contributed by atoms with Gasteiger partial charge in [-0.25, -0.2) is 9.59 Å². The molecule has 2 atom stereocenters. The maximum absolute atomic E-state index is 11.6. The first-order valence-electron chi connectivity index (χ1n) is 5.27. The van der Waals surface area contributed by atoms with E-state index in [9.17, 15) is 14.7 Å². The second-order valence-corrected chi connectivity index (χ2v) is 3.49. The zero-order valence-corrected chi connectivity index (χ0v) is 9.88. The average Bonchev–Trinajstić information content (AvgIpc) is 2.26. The molecule has 2 unspecified atom stereocenters. The third kappa shape index (κ3) is 5.17. The molecule has 7 nitrogen and oxygen atoms in total. The summed E-state index contributed by atoms with van der Waals surface area (Å²) in [5.41, 5.74) is 0. The molecule has 0 aliphatic carbocycles. The Kier molecular flexibility index (Phi) is 6.67. The van der Waals surface area contributed by atoms with E-state index < -0.39 is 24.1 Å². The van der Waals surface area contributed by atoms with Gasteiger partial charge in [-0.3, -0.25) is 0 Å². The minimum Gasteiger partial charge on any atom is -0.480 e. The lowest BCUT2D eigenvalue weighted by Crippen LogP contribution is -2.52. The molecule has 0 aromatic rings. The van der Waals surface area contributed by atoms with Crippen molar-refractivity contribution in [2.45, 2.75) is 32.4 Å². The summed E-state index contributed by atoms with van der Waals surface area (Å²) in [4.78, 5) is 23.7. The molecular weight excluding hydrogens is 226 g/mol. The van der Waals surface area contributed by atoms with Crippen LogP contribution in [0.15, 0.2) is 0 Å². The molecule has 0 saturated heterocycles.